The molecule has 0 aliphatic rings. The first-order valence-electron chi connectivity index (χ1n) is 9.48. The Kier molecular flexibility index (Phi) is 6.59. The van der Waals surface area contributed by atoms with Gasteiger partial charge in [-0.15, -0.1) is 11.3 Å². The van der Waals surface area contributed by atoms with Crippen LogP contribution in [0.5, 0.6) is 0 Å². The number of benzene rings is 3. The van der Waals surface area contributed by atoms with E-state index < -0.39 is 0 Å². The van der Waals surface area contributed by atoms with Crippen LogP contribution in [0.15, 0.2) is 77.1 Å². The molecule has 0 unspecified atom stereocenters. The van der Waals surface area contributed by atoms with Gasteiger partial charge in [0, 0.05) is 17.8 Å². The standard InChI is InChI=1S/C23H18FN3O2S2/c24-17-8-6-16(7-9-17)22(29)26-18-10-11-19-20(12-18)31-23(27-19)30-14-21(28)25-13-15-4-2-1-3-5-15/h1-12H,13-14H2,(H,25,28)(H,26,29). The van der Waals surface area contributed by atoms with E-state index in [9.17, 15) is 14.0 Å². The molecule has 4 rings (SSSR count). The Hall–Kier alpha value is -3.23. The fraction of sp³-hybridized carbons (Fsp3) is 0.0870. The summed E-state index contributed by atoms with van der Waals surface area (Å²) in [6, 6.07) is 20.6. The van der Waals surface area contributed by atoms with Crippen molar-refractivity contribution in [2.24, 2.45) is 0 Å². The highest BCUT2D eigenvalue weighted by atomic mass is 32.2. The number of hydrogen-bond donors (Lipinski definition) is 2. The van der Waals surface area contributed by atoms with E-state index in [-0.39, 0.29) is 23.4 Å². The van der Waals surface area contributed by atoms with Crippen molar-refractivity contribution in [3.8, 4) is 0 Å². The molecule has 5 nitrogen and oxygen atoms in total. The summed E-state index contributed by atoms with van der Waals surface area (Å²) < 4.78 is 14.7. The van der Waals surface area contributed by atoms with Crippen LogP contribution in [-0.4, -0.2) is 22.6 Å². The number of nitrogens with one attached hydrogen (secondary N) is 2. The third kappa shape index (κ3) is 5.68. The molecule has 0 aliphatic heterocycles. The Morgan fingerprint density at radius 2 is 1.77 bits per heavy atom. The summed E-state index contributed by atoms with van der Waals surface area (Å²) in [5.41, 5.74) is 2.86. The lowest BCUT2D eigenvalue weighted by Gasteiger charge is -2.05. The summed E-state index contributed by atoms with van der Waals surface area (Å²) >= 11 is 2.84. The summed E-state index contributed by atoms with van der Waals surface area (Å²) in [4.78, 5) is 29.0. The van der Waals surface area contributed by atoms with Crippen LogP contribution >= 0.6 is 23.1 Å². The molecule has 0 saturated carbocycles. The molecule has 156 valence electrons. The van der Waals surface area contributed by atoms with Crippen LogP contribution in [0.1, 0.15) is 15.9 Å². The van der Waals surface area contributed by atoms with E-state index in [1.807, 2.05) is 42.5 Å². The minimum Gasteiger partial charge on any atom is -0.351 e. The SMILES string of the molecule is O=C(CSc1nc2ccc(NC(=O)c3ccc(F)cc3)cc2s1)NCc1ccccc1. The van der Waals surface area contributed by atoms with Gasteiger partial charge in [-0.3, -0.25) is 9.59 Å². The van der Waals surface area contributed by atoms with Gasteiger partial charge in [0.05, 0.1) is 16.0 Å². The Bertz CT molecular complexity index is 1210. The van der Waals surface area contributed by atoms with Crippen LogP contribution in [0.25, 0.3) is 10.2 Å². The zero-order chi connectivity index (χ0) is 21.6. The van der Waals surface area contributed by atoms with Crippen LogP contribution < -0.4 is 10.6 Å². The molecule has 0 spiro atoms. The maximum atomic E-state index is 13.0. The number of nitrogens with zero attached hydrogens (tertiary/aromatic N) is 1. The molecular formula is C23H18FN3O2S2. The van der Waals surface area contributed by atoms with Crippen LogP contribution in [0.4, 0.5) is 10.1 Å². The second-order valence-electron chi connectivity index (χ2n) is 6.67. The highest BCUT2D eigenvalue weighted by molar-refractivity contribution is 8.01. The first-order chi connectivity index (χ1) is 15.1. The van der Waals surface area contributed by atoms with E-state index in [0.717, 1.165) is 20.1 Å². The lowest BCUT2D eigenvalue weighted by Crippen LogP contribution is -2.24. The first-order valence-corrected chi connectivity index (χ1v) is 11.3. The molecule has 0 radical (unpaired) electrons. The molecule has 1 heterocycles. The molecule has 0 saturated heterocycles. The molecule has 0 atom stereocenters. The summed E-state index contributed by atoms with van der Waals surface area (Å²) in [6.07, 6.45) is 0. The third-order valence-corrected chi connectivity index (χ3v) is 6.55. The van der Waals surface area contributed by atoms with Gasteiger partial charge in [-0.1, -0.05) is 42.1 Å². The lowest BCUT2D eigenvalue weighted by molar-refractivity contribution is -0.118. The second-order valence-corrected chi connectivity index (χ2v) is 8.93. The highest BCUT2D eigenvalue weighted by Gasteiger charge is 2.11. The number of thioether (sulfide) groups is 1. The van der Waals surface area contributed by atoms with Gasteiger partial charge in [-0.05, 0) is 48.0 Å². The number of carbonyl (C=O) groups excluding carboxylic acids is 2. The van der Waals surface area contributed by atoms with E-state index in [1.54, 1.807) is 6.07 Å². The van der Waals surface area contributed by atoms with Crippen molar-refractivity contribution >= 4 is 50.8 Å². The molecule has 0 bridgehead atoms. The summed E-state index contributed by atoms with van der Waals surface area (Å²) in [5, 5.41) is 5.71. The zero-order valence-electron chi connectivity index (χ0n) is 16.3. The van der Waals surface area contributed by atoms with Gasteiger partial charge in [-0.2, -0.15) is 0 Å². The second kappa shape index (κ2) is 9.72. The van der Waals surface area contributed by atoms with E-state index in [2.05, 4.69) is 15.6 Å². The number of amides is 2. The van der Waals surface area contributed by atoms with Gasteiger partial charge < -0.3 is 10.6 Å². The average molecular weight is 452 g/mol. The van der Waals surface area contributed by atoms with E-state index in [4.69, 9.17) is 0 Å². The fourth-order valence-corrected chi connectivity index (χ4v) is 4.76. The minimum absolute atomic E-state index is 0.0552. The molecule has 2 amide bonds. The van der Waals surface area contributed by atoms with E-state index >= 15 is 0 Å². The van der Waals surface area contributed by atoms with Gasteiger partial charge in [0.15, 0.2) is 4.34 Å². The Morgan fingerprint density at radius 1 is 1.00 bits per heavy atom. The fourth-order valence-electron chi connectivity index (χ4n) is 2.82. The summed E-state index contributed by atoms with van der Waals surface area (Å²) in [7, 11) is 0. The number of hydrogen-bond acceptors (Lipinski definition) is 5. The molecular weight excluding hydrogens is 433 g/mol. The van der Waals surface area contributed by atoms with Gasteiger partial charge in [-0.25, -0.2) is 9.37 Å². The average Bonchev–Trinajstić information content (AvgIpc) is 3.19. The molecule has 4 aromatic rings. The van der Waals surface area contributed by atoms with Gasteiger partial charge in [0.2, 0.25) is 5.91 Å². The smallest absolute Gasteiger partial charge is 0.255 e. The van der Waals surface area contributed by atoms with Crippen molar-refractivity contribution in [1.82, 2.24) is 10.3 Å². The molecule has 8 heteroatoms. The van der Waals surface area contributed by atoms with Crippen molar-refractivity contribution in [3.05, 3.63) is 89.7 Å². The predicted octanol–water partition coefficient (Wildman–Crippen LogP) is 5.10. The normalized spacial score (nSPS) is 10.7. The monoisotopic (exact) mass is 451 g/mol. The highest BCUT2D eigenvalue weighted by Crippen LogP contribution is 2.31. The molecule has 2 N–H and O–H groups in total. The number of carbonyl (C=O) groups is 2. The van der Waals surface area contributed by atoms with Crippen molar-refractivity contribution in [2.75, 3.05) is 11.1 Å². The largest absolute Gasteiger partial charge is 0.351 e. The number of rotatable bonds is 7. The third-order valence-electron chi connectivity index (χ3n) is 4.39. The van der Waals surface area contributed by atoms with E-state index in [0.29, 0.717) is 17.8 Å². The molecule has 31 heavy (non-hydrogen) atoms. The zero-order valence-corrected chi connectivity index (χ0v) is 17.9. The molecule has 0 aliphatic carbocycles. The molecule has 1 aromatic heterocycles. The van der Waals surface area contributed by atoms with Gasteiger partial charge in [0.25, 0.3) is 5.91 Å². The maximum Gasteiger partial charge on any atom is 0.255 e. The number of thiazole rings is 1. The number of anilines is 1. The van der Waals surface area contributed by atoms with Gasteiger partial charge >= 0.3 is 0 Å². The summed E-state index contributed by atoms with van der Waals surface area (Å²) in [6.45, 7) is 0.497. The van der Waals surface area contributed by atoms with E-state index in [1.165, 1.54) is 47.4 Å². The maximum absolute atomic E-state index is 13.0. The van der Waals surface area contributed by atoms with Crippen molar-refractivity contribution in [1.29, 1.82) is 0 Å². The summed E-state index contributed by atoms with van der Waals surface area (Å²) in [5.74, 6) is -0.476. The Morgan fingerprint density at radius 3 is 2.55 bits per heavy atom. The van der Waals surface area contributed by atoms with Crippen LogP contribution in [0, 0.1) is 5.82 Å². The van der Waals surface area contributed by atoms with Crippen LogP contribution in [0.3, 0.4) is 0 Å². The first kappa shape index (κ1) is 21.0. The van der Waals surface area contributed by atoms with Gasteiger partial charge in [0.1, 0.15) is 5.82 Å². The molecule has 0 fully saturated rings. The van der Waals surface area contributed by atoms with Crippen molar-refractivity contribution < 1.29 is 14.0 Å². The lowest BCUT2D eigenvalue weighted by atomic mass is 10.2. The minimum atomic E-state index is -0.388. The Balaban J connectivity index is 1.34. The number of fused-ring (bicyclic) bond motifs is 1. The quantitative estimate of drug-likeness (QED) is 0.384. The van der Waals surface area contributed by atoms with Crippen LogP contribution in [0.2, 0.25) is 0 Å². The van der Waals surface area contributed by atoms with Crippen LogP contribution in [-0.2, 0) is 11.3 Å². The number of halogens is 1. The topological polar surface area (TPSA) is 71.1 Å². The van der Waals surface area contributed by atoms with Crippen molar-refractivity contribution in [3.63, 3.8) is 0 Å². The molecule has 3 aromatic carbocycles. The van der Waals surface area contributed by atoms with Crippen molar-refractivity contribution in [2.45, 2.75) is 10.9 Å². The predicted molar refractivity (Wildman–Crippen MR) is 123 cm³/mol. The number of aromatic nitrogens is 1. The Labute approximate surface area is 186 Å².